The second-order valence-corrected chi connectivity index (χ2v) is 4.31. The SMILES string of the molecule is [B]C(CN(C)C)c1c[nH]c2cccc(O)c12. The molecule has 3 nitrogen and oxygen atoms in total. The third-order valence-corrected chi connectivity index (χ3v) is 2.68. The first-order valence-electron chi connectivity index (χ1n) is 5.29. The monoisotopic (exact) mass is 214 g/mol. The number of likely N-dealkylation sites (N-methyl/N-ethyl adjacent to an activating group) is 1. The van der Waals surface area contributed by atoms with Gasteiger partial charge >= 0.3 is 0 Å². The van der Waals surface area contributed by atoms with Crippen LogP contribution in [0.4, 0.5) is 0 Å². The van der Waals surface area contributed by atoms with Gasteiger partial charge in [-0.25, -0.2) is 0 Å². The number of nitrogens with one attached hydrogen (secondary N) is 1. The van der Waals surface area contributed by atoms with Crippen molar-refractivity contribution in [1.82, 2.24) is 9.88 Å². The molecular formula is C12H15BN2O. The lowest BCUT2D eigenvalue weighted by Gasteiger charge is -2.16. The molecule has 0 saturated carbocycles. The smallest absolute Gasteiger partial charge is 0.125 e. The number of fused-ring (bicyclic) bond motifs is 1. The highest BCUT2D eigenvalue weighted by Crippen LogP contribution is 2.31. The molecule has 0 saturated heterocycles. The highest BCUT2D eigenvalue weighted by molar-refractivity contribution is 6.14. The summed E-state index contributed by atoms with van der Waals surface area (Å²) < 4.78 is 0. The van der Waals surface area contributed by atoms with Crippen LogP contribution >= 0.6 is 0 Å². The van der Waals surface area contributed by atoms with E-state index in [9.17, 15) is 5.11 Å². The molecule has 0 spiro atoms. The summed E-state index contributed by atoms with van der Waals surface area (Å²) in [5, 5.41) is 10.7. The van der Waals surface area contributed by atoms with Crippen molar-refractivity contribution in [2.45, 2.75) is 5.82 Å². The van der Waals surface area contributed by atoms with Gasteiger partial charge in [0.1, 0.15) is 5.75 Å². The minimum Gasteiger partial charge on any atom is -0.507 e. The minimum atomic E-state index is -0.1000. The Morgan fingerprint density at radius 2 is 2.19 bits per heavy atom. The molecule has 1 aromatic heterocycles. The van der Waals surface area contributed by atoms with E-state index in [1.165, 1.54) is 0 Å². The van der Waals surface area contributed by atoms with Crippen LogP contribution in [-0.2, 0) is 0 Å². The van der Waals surface area contributed by atoms with Gasteiger partial charge in [-0.3, -0.25) is 0 Å². The predicted molar refractivity (Wildman–Crippen MR) is 67.0 cm³/mol. The van der Waals surface area contributed by atoms with Crippen molar-refractivity contribution in [2.75, 3.05) is 20.6 Å². The van der Waals surface area contributed by atoms with Crippen molar-refractivity contribution in [1.29, 1.82) is 0 Å². The highest BCUT2D eigenvalue weighted by atomic mass is 16.3. The lowest BCUT2D eigenvalue weighted by Crippen LogP contribution is -2.20. The van der Waals surface area contributed by atoms with Crippen LogP contribution in [0.3, 0.4) is 0 Å². The first-order valence-corrected chi connectivity index (χ1v) is 5.29. The Morgan fingerprint density at radius 1 is 1.44 bits per heavy atom. The van der Waals surface area contributed by atoms with E-state index in [4.69, 9.17) is 7.85 Å². The Balaban J connectivity index is 2.45. The Labute approximate surface area is 96.5 Å². The van der Waals surface area contributed by atoms with Crippen LogP contribution in [0.2, 0.25) is 0 Å². The molecule has 2 N–H and O–H groups in total. The minimum absolute atomic E-state index is 0.1000. The van der Waals surface area contributed by atoms with Crippen LogP contribution in [0, 0.1) is 0 Å². The van der Waals surface area contributed by atoms with Crippen molar-refractivity contribution in [3.63, 3.8) is 0 Å². The number of phenols is 1. The van der Waals surface area contributed by atoms with Crippen LogP contribution in [-0.4, -0.2) is 43.5 Å². The molecule has 1 aromatic carbocycles. The molecule has 0 aliphatic rings. The lowest BCUT2D eigenvalue weighted by atomic mass is 9.80. The molecular weight excluding hydrogens is 199 g/mol. The molecule has 0 aliphatic heterocycles. The highest BCUT2D eigenvalue weighted by Gasteiger charge is 2.14. The molecule has 0 fully saturated rings. The quantitative estimate of drug-likeness (QED) is 0.762. The maximum atomic E-state index is 9.83. The van der Waals surface area contributed by atoms with E-state index in [2.05, 4.69) is 4.98 Å². The molecule has 0 amide bonds. The van der Waals surface area contributed by atoms with Crippen molar-refractivity contribution in [3.05, 3.63) is 30.0 Å². The zero-order valence-electron chi connectivity index (χ0n) is 9.57. The summed E-state index contributed by atoms with van der Waals surface area (Å²) in [6.07, 6.45) is 1.87. The van der Waals surface area contributed by atoms with E-state index in [0.29, 0.717) is 0 Å². The van der Waals surface area contributed by atoms with E-state index in [1.807, 2.05) is 37.3 Å². The van der Waals surface area contributed by atoms with Gasteiger partial charge in [-0.2, -0.15) is 0 Å². The van der Waals surface area contributed by atoms with Gasteiger partial charge in [-0.15, -0.1) is 0 Å². The fourth-order valence-corrected chi connectivity index (χ4v) is 1.98. The lowest BCUT2D eigenvalue weighted by molar-refractivity contribution is 0.408. The zero-order valence-corrected chi connectivity index (χ0v) is 9.57. The molecule has 16 heavy (non-hydrogen) atoms. The Morgan fingerprint density at radius 3 is 2.88 bits per heavy atom. The van der Waals surface area contributed by atoms with Gasteiger partial charge in [-0.05, 0) is 44.2 Å². The number of aromatic amines is 1. The van der Waals surface area contributed by atoms with Gasteiger partial charge in [0, 0.05) is 17.1 Å². The normalized spacial score (nSPS) is 13.4. The van der Waals surface area contributed by atoms with Crippen LogP contribution in [0.5, 0.6) is 5.75 Å². The number of aromatic hydroxyl groups is 1. The number of hydrogen-bond donors (Lipinski definition) is 2. The van der Waals surface area contributed by atoms with Crippen molar-refractivity contribution in [3.8, 4) is 5.75 Å². The summed E-state index contributed by atoms with van der Waals surface area (Å²) in [6.45, 7) is 0.751. The summed E-state index contributed by atoms with van der Waals surface area (Å²) in [5.74, 6) is 0.181. The second kappa shape index (κ2) is 4.22. The van der Waals surface area contributed by atoms with E-state index in [0.717, 1.165) is 23.0 Å². The second-order valence-electron chi connectivity index (χ2n) is 4.31. The number of H-pyrrole nitrogens is 1. The van der Waals surface area contributed by atoms with Crippen LogP contribution in [0.15, 0.2) is 24.4 Å². The zero-order chi connectivity index (χ0) is 11.7. The first kappa shape index (κ1) is 11.1. The fraction of sp³-hybridized carbons (Fsp3) is 0.333. The molecule has 2 radical (unpaired) electrons. The van der Waals surface area contributed by atoms with Gasteiger partial charge in [-0.1, -0.05) is 6.07 Å². The van der Waals surface area contributed by atoms with Crippen LogP contribution in [0.25, 0.3) is 10.9 Å². The number of hydrogen-bond acceptors (Lipinski definition) is 2. The van der Waals surface area contributed by atoms with Crippen molar-refractivity contribution < 1.29 is 5.11 Å². The maximum absolute atomic E-state index is 9.83. The molecule has 0 aliphatic carbocycles. The first-order chi connectivity index (χ1) is 7.59. The number of phenolic OH excluding ortho intramolecular Hbond substituents is 1. The maximum Gasteiger partial charge on any atom is 0.125 e. The van der Waals surface area contributed by atoms with Crippen LogP contribution in [0.1, 0.15) is 11.4 Å². The average molecular weight is 214 g/mol. The van der Waals surface area contributed by atoms with Crippen LogP contribution < -0.4 is 0 Å². The standard InChI is InChI=1S/C12H15BN2O/c1-15(2)7-9(13)8-6-14-10-4-3-5-11(16)12(8)10/h3-6,9,14,16H,7H2,1-2H3. The van der Waals surface area contributed by atoms with E-state index >= 15 is 0 Å². The number of aromatic nitrogens is 1. The summed E-state index contributed by atoms with van der Waals surface area (Å²) in [5.41, 5.74) is 1.88. The molecule has 1 unspecified atom stereocenters. The molecule has 82 valence electrons. The van der Waals surface area contributed by atoms with Gasteiger partial charge in [0.15, 0.2) is 0 Å². The topological polar surface area (TPSA) is 39.3 Å². The Kier molecular flexibility index (Phi) is 2.92. The summed E-state index contributed by atoms with van der Waals surface area (Å²) in [6, 6.07) is 5.43. The average Bonchev–Trinajstić information content (AvgIpc) is 2.61. The van der Waals surface area contributed by atoms with Gasteiger partial charge in [0.2, 0.25) is 0 Å². The molecule has 0 bridgehead atoms. The Hall–Kier alpha value is -1.42. The third-order valence-electron chi connectivity index (χ3n) is 2.68. The molecule has 1 heterocycles. The van der Waals surface area contributed by atoms with Crippen molar-refractivity contribution in [2.24, 2.45) is 0 Å². The molecule has 4 heteroatoms. The Bertz CT molecular complexity index is 493. The molecule has 2 aromatic rings. The van der Waals surface area contributed by atoms with E-state index < -0.39 is 0 Å². The summed E-state index contributed by atoms with van der Waals surface area (Å²) in [7, 11) is 10.1. The van der Waals surface area contributed by atoms with Crippen molar-refractivity contribution >= 4 is 18.7 Å². The number of rotatable bonds is 3. The van der Waals surface area contributed by atoms with E-state index in [-0.39, 0.29) is 11.6 Å². The van der Waals surface area contributed by atoms with E-state index in [1.54, 1.807) is 6.07 Å². The summed E-state index contributed by atoms with van der Waals surface area (Å²) >= 11 is 0. The third kappa shape index (κ3) is 1.93. The van der Waals surface area contributed by atoms with Gasteiger partial charge in [0.05, 0.1) is 7.85 Å². The molecule has 1 atom stereocenters. The van der Waals surface area contributed by atoms with Gasteiger partial charge < -0.3 is 15.0 Å². The predicted octanol–water partition coefficient (Wildman–Crippen LogP) is 1.64. The van der Waals surface area contributed by atoms with Gasteiger partial charge in [0.25, 0.3) is 0 Å². The largest absolute Gasteiger partial charge is 0.507 e. The number of benzene rings is 1. The number of nitrogens with zero attached hydrogens (tertiary/aromatic N) is 1. The fourth-order valence-electron chi connectivity index (χ4n) is 1.98. The summed E-state index contributed by atoms with van der Waals surface area (Å²) in [4.78, 5) is 5.16. The molecule has 2 rings (SSSR count).